The van der Waals surface area contributed by atoms with E-state index < -0.39 is 41.1 Å². The van der Waals surface area contributed by atoms with Crippen LogP contribution in [0, 0.1) is 5.82 Å². The van der Waals surface area contributed by atoms with E-state index in [-0.39, 0.29) is 43.5 Å². The number of H-pyrrole nitrogens is 1. The zero-order valence-electron chi connectivity index (χ0n) is 19.1. The number of nitrogens with zero attached hydrogens (tertiary/aromatic N) is 3. The van der Waals surface area contributed by atoms with Gasteiger partial charge in [-0.05, 0) is 43.2 Å². The molecule has 4 rings (SSSR count). The first-order valence-electron chi connectivity index (χ1n) is 11.2. The molecule has 8 nitrogen and oxygen atoms in total. The number of benzene rings is 2. The molecule has 1 saturated heterocycles. The van der Waals surface area contributed by atoms with Crippen molar-refractivity contribution in [2.24, 2.45) is 0 Å². The van der Waals surface area contributed by atoms with Gasteiger partial charge in [-0.2, -0.15) is 13.2 Å². The van der Waals surface area contributed by atoms with E-state index in [2.05, 4.69) is 4.98 Å². The predicted molar refractivity (Wildman–Crippen MR) is 122 cm³/mol. The highest BCUT2D eigenvalue weighted by molar-refractivity contribution is 5.95. The van der Waals surface area contributed by atoms with Crippen molar-refractivity contribution in [1.29, 1.82) is 0 Å². The minimum atomic E-state index is -5.01. The van der Waals surface area contributed by atoms with Crippen LogP contribution in [0.4, 0.5) is 17.6 Å². The number of fused-ring (bicyclic) bond motifs is 1. The molecule has 1 unspecified atom stereocenters. The van der Waals surface area contributed by atoms with Crippen LogP contribution in [0.15, 0.2) is 52.1 Å². The van der Waals surface area contributed by atoms with Gasteiger partial charge in [-0.15, -0.1) is 0 Å². The normalized spacial score (nSPS) is 15.9. The molecule has 2 amide bonds. The highest BCUT2D eigenvalue weighted by Gasteiger charge is 2.45. The molecule has 1 N–H and O–H groups in total. The number of para-hydroxylation sites is 1. The Bertz CT molecular complexity index is 1450. The Morgan fingerprint density at radius 1 is 1.14 bits per heavy atom. The molecule has 1 fully saturated rings. The van der Waals surface area contributed by atoms with Crippen LogP contribution in [0.5, 0.6) is 0 Å². The minimum Gasteiger partial charge on any atom is -0.334 e. The largest absolute Gasteiger partial charge is 0.471 e. The van der Waals surface area contributed by atoms with E-state index in [1.807, 2.05) is 0 Å². The molecule has 36 heavy (non-hydrogen) atoms. The van der Waals surface area contributed by atoms with Crippen LogP contribution in [0.25, 0.3) is 10.9 Å². The molecule has 3 aromatic rings. The molecular formula is C24H22F4N4O4. The molecule has 0 spiro atoms. The number of hydrogen-bond acceptors (Lipinski definition) is 4. The number of carbonyl (C=O) groups excluding carboxylic acids is 2. The number of halogens is 4. The van der Waals surface area contributed by atoms with Crippen molar-refractivity contribution in [3.63, 3.8) is 0 Å². The molecule has 1 aliphatic rings. The van der Waals surface area contributed by atoms with Crippen molar-refractivity contribution < 1.29 is 27.2 Å². The van der Waals surface area contributed by atoms with Gasteiger partial charge in [-0.3, -0.25) is 23.9 Å². The summed E-state index contributed by atoms with van der Waals surface area (Å²) in [6, 6.07) is 9.49. The number of aromatic amines is 1. The summed E-state index contributed by atoms with van der Waals surface area (Å²) in [4.78, 5) is 53.5. The van der Waals surface area contributed by atoms with Gasteiger partial charge in [0, 0.05) is 19.6 Å². The lowest BCUT2D eigenvalue weighted by Gasteiger charge is -2.28. The topological polar surface area (TPSA) is 95.5 Å². The van der Waals surface area contributed by atoms with E-state index in [9.17, 15) is 36.7 Å². The van der Waals surface area contributed by atoms with Gasteiger partial charge in [0.1, 0.15) is 5.82 Å². The fourth-order valence-corrected chi connectivity index (χ4v) is 4.50. The summed E-state index contributed by atoms with van der Waals surface area (Å²) in [6.45, 7) is 1.15. The van der Waals surface area contributed by atoms with Gasteiger partial charge in [0.2, 0.25) is 0 Å². The second-order valence-electron chi connectivity index (χ2n) is 8.46. The van der Waals surface area contributed by atoms with E-state index in [0.717, 1.165) is 6.07 Å². The van der Waals surface area contributed by atoms with Gasteiger partial charge in [0.15, 0.2) is 0 Å². The maximum absolute atomic E-state index is 14.7. The molecule has 0 radical (unpaired) electrons. The Kier molecular flexibility index (Phi) is 6.70. The molecule has 0 aliphatic carbocycles. The van der Waals surface area contributed by atoms with Gasteiger partial charge < -0.3 is 9.80 Å². The molecule has 0 saturated carbocycles. The number of carbonyl (C=O) groups is 2. The monoisotopic (exact) mass is 506 g/mol. The molecule has 2 aromatic carbocycles. The van der Waals surface area contributed by atoms with Crippen molar-refractivity contribution >= 4 is 22.7 Å². The summed E-state index contributed by atoms with van der Waals surface area (Å²) in [5.41, 5.74) is -0.771. The maximum atomic E-state index is 14.7. The smallest absolute Gasteiger partial charge is 0.334 e. The lowest BCUT2D eigenvalue weighted by molar-refractivity contribution is -0.184. The van der Waals surface area contributed by atoms with E-state index in [4.69, 9.17) is 0 Å². The van der Waals surface area contributed by atoms with Crippen LogP contribution in [0.1, 0.15) is 29.3 Å². The second kappa shape index (κ2) is 9.59. The second-order valence-corrected chi connectivity index (χ2v) is 8.46. The summed E-state index contributed by atoms with van der Waals surface area (Å²) in [7, 11) is 0. The Hall–Kier alpha value is -3.96. The van der Waals surface area contributed by atoms with E-state index in [1.54, 1.807) is 31.2 Å². The number of nitrogens with one attached hydrogen (secondary N) is 1. The number of amides is 2. The average Bonchev–Trinajstić information content (AvgIpc) is 3.31. The summed E-state index contributed by atoms with van der Waals surface area (Å²) >= 11 is 0. The summed E-state index contributed by atoms with van der Waals surface area (Å²) in [5.74, 6) is -3.54. The zero-order chi connectivity index (χ0) is 26.2. The number of likely N-dealkylation sites (N-methyl/N-ethyl adjacent to an activating group) is 1. The van der Waals surface area contributed by atoms with Gasteiger partial charge in [-0.25, -0.2) is 9.18 Å². The van der Waals surface area contributed by atoms with Gasteiger partial charge >= 0.3 is 17.8 Å². The van der Waals surface area contributed by atoms with Gasteiger partial charge in [-0.1, -0.05) is 18.2 Å². The summed E-state index contributed by atoms with van der Waals surface area (Å²) in [5, 5.41) is 0.284. The Morgan fingerprint density at radius 2 is 1.86 bits per heavy atom. The van der Waals surface area contributed by atoms with Crippen LogP contribution < -0.4 is 11.2 Å². The van der Waals surface area contributed by atoms with Crippen LogP contribution in [0.3, 0.4) is 0 Å². The molecule has 1 aromatic heterocycles. The first-order valence-corrected chi connectivity index (χ1v) is 11.2. The van der Waals surface area contributed by atoms with Crippen LogP contribution in [-0.4, -0.2) is 63.0 Å². The Labute approximate surface area is 201 Å². The number of likely N-dealkylation sites (tertiary alicyclic amines) is 1. The van der Waals surface area contributed by atoms with Crippen molar-refractivity contribution in [3.8, 4) is 0 Å². The fraction of sp³-hybridized carbons (Fsp3) is 0.333. The Balaban J connectivity index is 1.61. The quantitative estimate of drug-likeness (QED) is 0.538. The van der Waals surface area contributed by atoms with Crippen molar-refractivity contribution in [1.82, 2.24) is 19.4 Å². The van der Waals surface area contributed by atoms with E-state index >= 15 is 0 Å². The molecular weight excluding hydrogens is 484 g/mol. The molecule has 0 bridgehead atoms. The molecule has 12 heteroatoms. The van der Waals surface area contributed by atoms with Crippen molar-refractivity contribution in [2.75, 3.05) is 19.6 Å². The highest BCUT2D eigenvalue weighted by atomic mass is 19.4. The molecule has 1 atom stereocenters. The maximum Gasteiger partial charge on any atom is 0.471 e. The van der Waals surface area contributed by atoms with E-state index in [0.29, 0.717) is 16.0 Å². The van der Waals surface area contributed by atoms with Gasteiger partial charge in [0.05, 0.1) is 29.1 Å². The standard InChI is InChI=1S/C24H22F4N4O4/c1-2-31(15-9-10-30(13-15)22(35)24(26,27)28)21(34)17-11-14(7-8-18(17)25)12-32-19-6-4-3-5-16(19)20(33)29-23(32)36/h3-8,11,15H,2,9-10,12-13H2,1H3,(H,29,33,36). The van der Waals surface area contributed by atoms with Crippen molar-refractivity contribution in [2.45, 2.75) is 32.1 Å². The third-order valence-electron chi connectivity index (χ3n) is 6.24. The van der Waals surface area contributed by atoms with E-state index in [1.165, 1.54) is 21.6 Å². The SMILES string of the molecule is CCN(C(=O)c1cc(Cn2c(=O)[nH]c(=O)c3ccccc32)ccc1F)C1CCN(C(=O)C(F)(F)F)C1. The molecule has 1 aliphatic heterocycles. The highest BCUT2D eigenvalue weighted by Crippen LogP contribution is 2.25. The summed E-state index contributed by atoms with van der Waals surface area (Å²) < 4.78 is 54.4. The zero-order valence-corrected chi connectivity index (χ0v) is 19.1. The number of rotatable bonds is 5. The number of alkyl halides is 3. The third kappa shape index (κ3) is 4.75. The molecule has 190 valence electrons. The average molecular weight is 506 g/mol. The number of hydrogen-bond donors (Lipinski definition) is 1. The number of aromatic nitrogens is 2. The van der Waals surface area contributed by atoms with Gasteiger partial charge in [0.25, 0.3) is 11.5 Å². The lowest BCUT2D eigenvalue weighted by Crippen LogP contribution is -2.45. The molecule has 2 heterocycles. The predicted octanol–water partition coefficient (Wildman–Crippen LogP) is 2.50. The first kappa shape index (κ1) is 25.1. The third-order valence-corrected chi connectivity index (χ3v) is 6.24. The van der Waals surface area contributed by atoms with Crippen LogP contribution >= 0.6 is 0 Å². The fourth-order valence-electron chi connectivity index (χ4n) is 4.50. The first-order chi connectivity index (χ1) is 17.0. The Morgan fingerprint density at radius 3 is 2.56 bits per heavy atom. The van der Waals surface area contributed by atoms with Crippen LogP contribution in [-0.2, 0) is 11.3 Å². The summed E-state index contributed by atoms with van der Waals surface area (Å²) in [6.07, 6.45) is -4.89. The lowest BCUT2D eigenvalue weighted by atomic mass is 10.1. The van der Waals surface area contributed by atoms with Crippen LogP contribution in [0.2, 0.25) is 0 Å². The van der Waals surface area contributed by atoms with Crippen molar-refractivity contribution in [3.05, 3.63) is 80.2 Å². The minimum absolute atomic E-state index is 0.0693.